The first-order valence-electron chi connectivity index (χ1n) is 6.52. The summed E-state index contributed by atoms with van der Waals surface area (Å²) >= 11 is 0. The Morgan fingerprint density at radius 1 is 1.24 bits per heavy atom. The molecule has 1 aromatic carbocycles. The maximum atomic E-state index is 12.3. The van der Waals surface area contributed by atoms with Gasteiger partial charge in [-0.15, -0.1) is 0 Å². The minimum absolute atomic E-state index is 0.130. The lowest BCUT2D eigenvalue weighted by Crippen LogP contribution is -1.99. The number of aromatic amines is 1. The zero-order valence-electron chi connectivity index (χ0n) is 12.6. The number of aromatic nitrogens is 2. The average molecular weight is 286 g/mol. The lowest BCUT2D eigenvalue weighted by atomic mass is 10.1. The van der Waals surface area contributed by atoms with Crippen LogP contribution in [0.25, 0.3) is 6.08 Å². The summed E-state index contributed by atoms with van der Waals surface area (Å²) < 4.78 is 10.4. The number of ketones is 1. The van der Waals surface area contributed by atoms with Crippen LogP contribution in [0.4, 0.5) is 0 Å². The number of methoxy groups -OCH3 is 2. The van der Waals surface area contributed by atoms with Gasteiger partial charge in [0.15, 0.2) is 5.78 Å². The molecule has 0 unspecified atom stereocenters. The van der Waals surface area contributed by atoms with Crippen molar-refractivity contribution >= 4 is 11.9 Å². The third kappa shape index (κ3) is 3.13. The molecular formula is C16H18N2O3. The summed E-state index contributed by atoms with van der Waals surface area (Å²) in [7, 11) is 3.10. The van der Waals surface area contributed by atoms with Crippen molar-refractivity contribution in [2.45, 2.75) is 13.8 Å². The number of carbonyl (C=O) groups excluding carboxylic acids is 1. The first kappa shape index (κ1) is 14.8. The maximum Gasteiger partial charge on any atom is 0.189 e. The predicted octanol–water partition coefficient (Wildman–Crippen LogP) is 2.94. The van der Waals surface area contributed by atoms with Gasteiger partial charge in [0.2, 0.25) is 0 Å². The van der Waals surface area contributed by atoms with Crippen LogP contribution in [0, 0.1) is 13.8 Å². The van der Waals surface area contributed by atoms with Crippen molar-refractivity contribution in [3.05, 3.63) is 46.8 Å². The summed E-state index contributed by atoms with van der Waals surface area (Å²) in [6.45, 7) is 3.81. The van der Waals surface area contributed by atoms with E-state index < -0.39 is 0 Å². The highest BCUT2D eigenvalue weighted by Crippen LogP contribution is 2.25. The number of aryl methyl sites for hydroxylation is 2. The van der Waals surface area contributed by atoms with Crippen molar-refractivity contribution < 1.29 is 14.3 Å². The summed E-state index contributed by atoms with van der Waals surface area (Å²) in [5, 5.41) is 6.98. The van der Waals surface area contributed by atoms with Crippen LogP contribution >= 0.6 is 0 Å². The molecule has 0 saturated heterocycles. The van der Waals surface area contributed by atoms with Crippen LogP contribution in [0.2, 0.25) is 0 Å². The zero-order valence-corrected chi connectivity index (χ0v) is 12.6. The number of hydrogen-bond acceptors (Lipinski definition) is 4. The lowest BCUT2D eigenvalue weighted by Gasteiger charge is -2.07. The third-order valence-corrected chi connectivity index (χ3v) is 3.26. The van der Waals surface area contributed by atoms with Crippen molar-refractivity contribution in [1.29, 1.82) is 0 Å². The summed E-state index contributed by atoms with van der Waals surface area (Å²) in [4.78, 5) is 12.3. The number of carbonyl (C=O) groups is 1. The second-order valence-corrected chi connectivity index (χ2v) is 4.61. The molecule has 0 bridgehead atoms. The number of nitrogens with one attached hydrogen (secondary N) is 1. The van der Waals surface area contributed by atoms with E-state index in [1.165, 1.54) is 13.2 Å². The molecule has 0 spiro atoms. The first-order valence-corrected chi connectivity index (χ1v) is 6.52. The zero-order chi connectivity index (χ0) is 15.4. The number of rotatable bonds is 5. The number of nitrogens with zero attached hydrogens (tertiary/aromatic N) is 1. The van der Waals surface area contributed by atoms with Gasteiger partial charge in [0.1, 0.15) is 11.5 Å². The monoisotopic (exact) mass is 286 g/mol. The van der Waals surface area contributed by atoms with Gasteiger partial charge in [0.05, 0.1) is 25.5 Å². The van der Waals surface area contributed by atoms with E-state index in [0.717, 1.165) is 17.0 Å². The summed E-state index contributed by atoms with van der Waals surface area (Å²) in [6.07, 6.45) is 3.29. The van der Waals surface area contributed by atoms with Crippen LogP contribution in [0.1, 0.15) is 27.3 Å². The molecule has 1 aromatic heterocycles. The highest BCUT2D eigenvalue weighted by molar-refractivity contribution is 6.08. The number of benzene rings is 1. The average Bonchev–Trinajstić information content (AvgIpc) is 2.82. The van der Waals surface area contributed by atoms with E-state index in [-0.39, 0.29) is 5.78 Å². The molecule has 1 heterocycles. The molecule has 110 valence electrons. The molecule has 0 atom stereocenters. The second kappa shape index (κ2) is 6.26. The Labute approximate surface area is 123 Å². The number of allylic oxidation sites excluding steroid dienone is 1. The van der Waals surface area contributed by atoms with Crippen LogP contribution in [-0.2, 0) is 0 Å². The summed E-state index contributed by atoms with van der Waals surface area (Å²) in [5.41, 5.74) is 3.21. The van der Waals surface area contributed by atoms with E-state index in [4.69, 9.17) is 9.47 Å². The first-order chi connectivity index (χ1) is 10.1. The van der Waals surface area contributed by atoms with Crippen molar-refractivity contribution in [3.63, 3.8) is 0 Å². The Morgan fingerprint density at radius 3 is 2.57 bits per heavy atom. The molecule has 5 heteroatoms. The number of H-pyrrole nitrogens is 1. The smallest absolute Gasteiger partial charge is 0.189 e. The van der Waals surface area contributed by atoms with Crippen molar-refractivity contribution in [3.8, 4) is 11.5 Å². The van der Waals surface area contributed by atoms with E-state index in [1.54, 1.807) is 31.4 Å². The molecule has 21 heavy (non-hydrogen) atoms. The minimum Gasteiger partial charge on any atom is -0.497 e. The molecule has 2 rings (SSSR count). The van der Waals surface area contributed by atoms with Gasteiger partial charge >= 0.3 is 0 Å². The van der Waals surface area contributed by atoms with Crippen molar-refractivity contribution in [2.24, 2.45) is 0 Å². The lowest BCUT2D eigenvalue weighted by molar-refractivity contribution is 0.104. The fraction of sp³-hybridized carbons (Fsp3) is 0.250. The molecule has 2 aromatic rings. The molecular weight excluding hydrogens is 268 g/mol. The maximum absolute atomic E-state index is 12.3. The Kier molecular flexibility index (Phi) is 4.42. The van der Waals surface area contributed by atoms with Crippen molar-refractivity contribution in [2.75, 3.05) is 14.2 Å². The highest BCUT2D eigenvalue weighted by Gasteiger charge is 2.11. The molecule has 1 N–H and O–H groups in total. The summed E-state index contributed by atoms with van der Waals surface area (Å²) in [5.74, 6) is 1.01. The molecule has 0 aliphatic rings. The fourth-order valence-corrected chi connectivity index (χ4v) is 2.06. The number of hydrogen-bond donors (Lipinski definition) is 1. The number of ether oxygens (including phenoxy) is 2. The topological polar surface area (TPSA) is 64.2 Å². The van der Waals surface area contributed by atoms with Crippen LogP contribution in [0.15, 0.2) is 24.3 Å². The van der Waals surface area contributed by atoms with Crippen LogP contribution in [-0.4, -0.2) is 30.2 Å². The van der Waals surface area contributed by atoms with Gasteiger partial charge in [-0.3, -0.25) is 9.89 Å². The van der Waals surface area contributed by atoms with Crippen LogP contribution in [0.5, 0.6) is 11.5 Å². The SMILES string of the molecule is COc1ccc(C(=O)C=Cc2c(C)n[nH]c2C)c(OC)c1. The van der Waals surface area contributed by atoms with Crippen LogP contribution in [0.3, 0.4) is 0 Å². The molecule has 0 saturated carbocycles. The van der Waals surface area contributed by atoms with Gasteiger partial charge in [-0.25, -0.2) is 0 Å². The minimum atomic E-state index is -0.130. The van der Waals surface area contributed by atoms with E-state index in [9.17, 15) is 4.79 Å². The Hall–Kier alpha value is -2.56. The van der Waals surface area contributed by atoms with E-state index in [0.29, 0.717) is 17.1 Å². The molecule has 0 aliphatic carbocycles. The van der Waals surface area contributed by atoms with E-state index >= 15 is 0 Å². The Morgan fingerprint density at radius 2 is 2.00 bits per heavy atom. The third-order valence-electron chi connectivity index (χ3n) is 3.26. The van der Waals surface area contributed by atoms with Crippen LogP contribution < -0.4 is 9.47 Å². The molecule has 0 fully saturated rings. The van der Waals surface area contributed by atoms with Gasteiger partial charge in [-0.2, -0.15) is 5.10 Å². The summed E-state index contributed by atoms with van der Waals surface area (Å²) in [6, 6.07) is 5.12. The molecule has 0 aliphatic heterocycles. The van der Waals surface area contributed by atoms with Crippen molar-refractivity contribution in [1.82, 2.24) is 10.2 Å². The van der Waals surface area contributed by atoms with Gasteiger partial charge < -0.3 is 9.47 Å². The van der Waals surface area contributed by atoms with Gasteiger partial charge in [0.25, 0.3) is 0 Å². The largest absolute Gasteiger partial charge is 0.497 e. The van der Waals surface area contributed by atoms with E-state index in [1.807, 2.05) is 13.8 Å². The molecule has 5 nitrogen and oxygen atoms in total. The highest BCUT2D eigenvalue weighted by atomic mass is 16.5. The molecule has 0 radical (unpaired) electrons. The predicted molar refractivity (Wildman–Crippen MR) is 81.0 cm³/mol. The Bertz CT molecular complexity index is 667. The fourth-order valence-electron chi connectivity index (χ4n) is 2.06. The second-order valence-electron chi connectivity index (χ2n) is 4.61. The van der Waals surface area contributed by atoms with E-state index in [2.05, 4.69) is 10.2 Å². The van der Waals surface area contributed by atoms with Gasteiger partial charge in [0, 0.05) is 17.3 Å². The standard InChI is InChI=1S/C16H18N2O3/c1-10-13(11(2)18-17-10)7-8-15(19)14-6-5-12(20-3)9-16(14)21-4/h5-9H,1-4H3,(H,17,18). The Balaban J connectivity index is 2.28. The van der Waals surface area contributed by atoms with Gasteiger partial charge in [-0.1, -0.05) is 0 Å². The van der Waals surface area contributed by atoms with Gasteiger partial charge in [-0.05, 0) is 38.1 Å². The molecule has 0 amide bonds. The normalized spacial score (nSPS) is 10.9. The quantitative estimate of drug-likeness (QED) is 0.678.